The van der Waals surface area contributed by atoms with Gasteiger partial charge in [-0.3, -0.25) is 4.79 Å². The van der Waals surface area contributed by atoms with Gasteiger partial charge in [0.2, 0.25) is 5.91 Å². The SMILES string of the molecule is O=C(NCCNc1cc(N2CCOCC2)ncn1)C1CC1. The van der Waals surface area contributed by atoms with Crippen LogP contribution in [0.2, 0.25) is 0 Å². The predicted octanol–water partition coefficient (Wildman–Crippen LogP) is 0.251. The van der Waals surface area contributed by atoms with Crippen molar-refractivity contribution in [2.75, 3.05) is 49.6 Å². The van der Waals surface area contributed by atoms with Gasteiger partial charge in [0.1, 0.15) is 18.0 Å². The van der Waals surface area contributed by atoms with Crippen molar-refractivity contribution in [1.29, 1.82) is 0 Å². The van der Waals surface area contributed by atoms with E-state index in [1.807, 2.05) is 6.07 Å². The summed E-state index contributed by atoms with van der Waals surface area (Å²) in [5.41, 5.74) is 0. The third-order valence-electron chi connectivity index (χ3n) is 3.67. The van der Waals surface area contributed by atoms with Crippen molar-refractivity contribution in [1.82, 2.24) is 15.3 Å². The lowest BCUT2D eigenvalue weighted by atomic mass is 10.4. The van der Waals surface area contributed by atoms with Gasteiger partial charge in [-0.2, -0.15) is 0 Å². The first-order valence-corrected chi connectivity index (χ1v) is 7.49. The highest BCUT2D eigenvalue weighted by Gasteiger charge is 2.28. The van der Waals surface area contributed by atoms with Gasteiger partial charge in [0.15, 0.2) is 0 Å². The molecule has 2 N–H and O–H groups in total. The second-order valence-electron chi connectivity index (χ2n) is 5.35. The molecule has 0 spiro atoms. The number of morpholine rings is 1. The number of hydrogen-bond acceptors (Lipinski definition) is 6. The number of anilines is 2. The van der Waals surface area contributed by atoms with Gasteiger partial charge in [0.05, 0.1) is 13.2 Å². The second-order valence-corrected chi connectivity index (χ2v) is 5.35. The molecule has 1 aliphatic carbocycles. The average molecular weight is 291 g/mol. The normalized spacial score (nSPS) is 18.4. The molecule has 7 heteroatoms. The molecule has 1 aromatic rings. The molecule has 21 heavy (non-hydrogen) atoms. The van der Waals surface area contributed by atoms with Crippen molar-refractivity contribution in [2.24, 2.45) is 5.92 Å². The zero-order chi connectivity index (χ0) is 14.5. The molecule has 7 nitrogen and oxygen atoms in total. The standard InChI is InChI=1S/C14H21N5O2/c20-14(11-1-2-11)16-4-3-15-12-9-13(18-10-17-12)19-5-7-21-8-6-19/h9-11H,1-8H2,(H,16,20)(H,15,17,18). The van der Waals surface area contributed by atoms with Crippen LogP contribution in [0.3, 0.4) is 0 Å². The Bertz CT molecular complexity index is 486. The zero-order valence-electron chi connectivity index (χ0n) is 12.0. The molecule has 2 fully saturated rings. The number of ether oxygens (including phenoxy) is 1. The smallest absolute Gasteiger partial charge is 0.223 e. The van der Waals surface area contributed by atoms with E-state index in [9.17, 15) is 4.79 Å². The maximum Gasteiger partial charge on any atom is 0.223 e. The number of carbonyl (C=O) groups excluding carboxylic acids is 1. The lowest BCUT2D eigenvalue weighted by Gasteiger charge is -2.27. The van der Waals surface area contributed by atoms with Crippen LogP contribution in [0.25, 0.3) is 0 Å². The Hall–Kier alpha value is -1.89. The van der Waals surface area contributed by atoms with Crippen LogP contribution in [0.4, 0.5) is 11.6 Å². The molecule has 1 aromatic heterocycles. The first-order chi connectivity index (χ1) is 10.3. The summed E-state index contributed by atoms with van der Waals surface area (Å²) in [5, 5.41) is 6.14. The van der Waals surface area contributed by atoms with Gasteiger partial charge >= 0.3 is 0 Å². The Morgan fingerprint density at radius 2 is 2.10 bits per heavy atom. The van der Waals surface area contributed by atoms with Crippen LogP contribution in [0.15, 0.2) is 12.4 Å². The largest absolute Gasteiger partial charge is 0.378 e. The van der Waals surface area contributed by atoms with Crippen molar-refractivity contribution in [3.8, 4) is 0 Å². The molecule has 114 valence electrons. The minimum absolute atomic E-state index is 0.175. The van der Waals surface area contributed by atoms with E-state index in [4.69, 9.17) is 4.74 Å². The minimum atomic E-state index is 0.175. The molecule has 1 saturated carbocycles. The number of hydrogen-bond donors (Lipinski definition) is 2. The number of amides is 1. The average Bonchev–Trinajstić information content (AvgIpc) is 3.37. The van der Waals surface area contributed by atoms with Crippen LogP contribution in [0.5, 0.6) is 0 Å². The van der Waals surface area contributed by atoms with E-state index in [0.29, 0.717) is 13.1 Å². The molecule has 0 bridgehead atoms. The first kappa shape index (κ1) is 14.1. The van der Waals surface area contributed by atoms with Gasteiger partial charge in [-0.05, 0) is 12.8 Å². The number of nitrogens with zero attached hydrogens (tertiary/aromatic N) is 3. The monoisotopic (exact) mass is 291 g/mol. The van der Waals surface area contributed by atoms with E-state index in [1.54, 1.807) is 6.33 Å². The topological polar surface area (TPSA) is 79.4 Å². The van der Waals surface area contributed by atoms with Gasteiger partial charge in [0, 0.05) is 38.2 Å². The molecule has 0 atom stereocenters. The van der Waals surface area contributed by atoms with Gasteiger partial charge < -0.3 is 20.3 Å². The summed E-state index contributed by atoms with van der Waals surface area (Å²) in [6.45, 7) is 4.46. The lowest BCUT2D eigenvalue weighted by Crippen LogP contribution is -2.36. The van der Waals surface area contributed by atoms with E-state index < -0.39 is 0 Å². The van der Waals surface area contributed by atoms with E-state index in [0.717, 1.165) is 50.8 Å². The fraction of sp³-hybridized carbons (Fsp3) is 0.643. The third kappa shape index (κ3) is 4.04. The van der Waals surface area contributed by atoms with Crippen LogP contribution < -0.4 is 15.5 Å². The molecule has 0 unspecified atom stereocenters. The Labute approximate surface area is 124 Å². The highest BCUT2D eigenvalue weighted by molar-refractivity contribution is 5.80. The predicted molar refractivity (Wildman–Crippen MR) is 79.3 cm³/mol. The number of aromatic nitrogens is 2. The first-order valence-electron chi connectivity index (χ1n) is 7.49. The number of rotatable bonds is 6. The highest BCUT2D eigenvalue weighted by atomic mass is 16.5. The third-order valence-corrected chi connectivity index (χ3v) is 3.67. The van der Waals surface area contributed by atoms with Crippen molar-refractivity contribution < 1.29 is 9.53 Å². The van der Waals surface area contributed by atoms with Gasteiger partial charge in [-0.25, -0.2) is 9.97 Å². The summed E-state index contributed by atoms with van der Waals surface area (Å²) < 4.78 is 5.34. The van der Waals surface area contributed by atoms with Crippen LogP contribution in [-0.2, 0) is 9.53 Å². The summed E-state index contributed by atoms with van der Waals surface area (Å²) in [4.78, 5) is 22.2. The molecule has 2 aliphatic rings. The minimum Gasteiger partial charge on any atom is -0.378 e. The summed E-state index contributed by atoms with van der Waals surface area (Å²) in [5.74, 6) is 2.13. The second kappa shape index (κ2) is 6.71. The van der Waals surface area contributed by atoms with Gasteiger partial charge in [-0.15, -0.1) is 0 Å². The van der Waals surface area contributed by atoms with E-state index in [1.165, 1.54) is 0 Å². The van der Waals surface area contributed by atoms with E-state index in [-0.39, 0.29) is 11.8 Å². The maximum atomic E-state index is 11.5. The molecule has 0 aromatic carbocycles. The molecular formula is C14H21N5O2. The Kier molecular flexibility index (Phi) is 4.49. The van der Waals surface area contributed by atoms with Gasteiger partial charge in [-0.1, -0.05) is 0 Å². The van der Waals surface area contributed by atoms with Crippen molar-refractivity contribution in [2.45, 2.75) is 12.8 Å². The highest BCUT2D eigenvalue weighted by Crippen LogP contribution is 2.28. The van der Waals surface area contributed by atoms with Crippen molar-refractivity contribution >= 4 is 17.5 Å². The lowest BCUT2D eigenvalue weighted by molar-refractivity contribution is -0.122. The van der Waals surface area contributed by atoms with Crippen LogP contribution in [0.1, 0.15) is 12.8 Å². The zero-order valence-corrected chi connectivity index (χ0v) is 12.0. The summed E-state index contributed by atoms with van der Waals surface area (Å²) in [6.07, 6.45) is 3.64. The molecule has 3 rings (SSSR count). The molecule has 2 heterocycles. The fourth-order valence-corrected chi connectivity index (χ4v) is 2.28. The summed E-state index contributed by atoms with van der Waals surface area (Å²) in [7, 11) is 0. The van der Waals surface area contributed by atoms with E-state index in [2.05, 4.69) is 25.5 Å². The quantitative estimate of drug-likeness (QED) is 0.732. The maximum absolute atomic E-state index is 11.5. The molecule has 1 saturated heterocycles. The molecule has 1 amide bonds. The fourth-order valence-electron chi connectivity index (χ4n) is 2.28. The number of nitrogens with one attached hydrogen (secondary N) is 2. The summed E-state index contributed by atoms with van der Waals surface area (Å²) >= 11 is 0. The molecule has 0 radical (unpaired) electrons. The Morgan fingerprint density at radius 1 is 1.29 bits per heavy atom. The van der Waals surface area contributed by atoms with Gasteiger partial charge in [0.25, 0.3) is 0 Å². The number of carbonyl (C=O) groups is 1. The van der Waals surface area contributed by atoms with Crippen LogP contribution in [0, 0.1) is 5.92 Å². The molecule has 1 aliphatic heterocycles. The Balaban J connectivity index is 1.45. The molecular weight excluding hydrogens is 270 g/mol. The van der Waals surface area contributed by atoms with Crippen LogP contribution in [-0.4, -0.2) is 55.3 Å². The van der Waals surface area contributed by atoms with E-state index >= 15 is 0 Å². The Morgan fingerprint density at radius 3 is 2.86 bits per heavy atom. The van der Waals surface area contributed by atoms with Crippen molar-refractivity contribution in [3.05, 3.63) is 12.4 Å². The van der Waals surface area contributed by atoms with Crippen molar-refractivity contribution in [3.63, 3.8) is 0 Å². The summed E-state index contributed by atoms with van der Waals surface area (Å²) in [6, 6.07) is 1.94. The van der Waals surface area contributed by atoms with Crippen LogP contribution >= 0.6 is 0 Å².